The third kappa shape index (κ3) is 3.46. The summed E-state index contributed by atoms with van der Waals surface area (Å²) in [6, 6.07) is 7.76. The first kappa shape index (κ1) is 14.3. The Bertz CT molecular complexity index is 702. The van der Waals surface area contributed by atoms with E-state index in [1.807, 2.05) is 0 Å². The van der Waals surface area contributed by atoms with E-state index in [2.05, 4.69) is 41.6 Å². The smallest absolute Gasteiger partial charge is 0.263 e. The number of hydrogen-bond donors (Lipinski definition) is 2. The standard InChI is InChI=1S/C11H9Br2N3O2S/c12-9-5-7(14)1-3-10(9)19(17,18)16-8-2-4-11(13)15-6-8/h1-6,16H,14H2. The molecule has 0 aliphatic rings. The van der Waals surface area contributed by atoms with Crippen molar-refractivity contribution in [2.24, 2.45) is 0 Å². The van der Waals surface area contributed by atoms with Crippen LogP contribution in [-0.2, 0) is 10.0 Å². The van der Waals surface area contributed by atoms with Gasteiger partial charge in [0.2, 0.25) is 0 Å². The lowest BCUT2D eigenvalue weighted by atomic mass is 10.3. The molecule has 0 fully saturated rings. The molecule has 0 bridgehead atoms. The molecule has 0 aliphatic carbocycles. The van der Waals surface area contributed by atoms with Gasteiger partial charge in [-0.1, -0.05) is 0 Å². The molecule has 1 aromatic heterocycles. The van der Waals surface area contributed by atoms with Crippen LogP contribution in [0.15, 0.2) is 50.5 Å². The number of nitrogens with one attached hydrogen (secondary N) is 1. The number of rotatable bonds is 3. The van der Waals surface area contributed by atoms with Crippen molar-refractivity contribution in [1.29, 1.82) is 0 Å². The summed E-state index contributed by atoms with van der Waals surface area (Å²) < 4.78 is 27.9. The molecular formula is C11H9Br2N3O2S. The third-order valence-electron chi connectivity index (χ3n) is 2.23. The van der Waals surface area contributed by atoms with Gasteiger partial charge in [0.25, 0.3) is 10.0 Å². The topological polar surface area (TPSA) is 85.1 Å². The van der Waals surface area contributed by atoms with E-state index in [0.29, 0.717) is 20.5 Å². The van der Waals surface area contributed by atoms with Gasteiger partial charge >= 0.3 is 0 Å². The molecule has 0 saturated heterocycles. The monoisotopic (exact) mass is 405 g/mol. The maximum absolute atomic E-state index is 12.2. The Labute approximate surface area is 127 Å². The molecule has 19 heavy (non-hydrogen) atoms. The zero-order valence-corrected chi connectivity index (χ0v) is 13.5. The fourth-order valence-corrected chi connectivity index (χ4v) is 3.76. The number of benzene rings is 1. The summed E-state index contributed by atoms with van der Waals surface area (Å²) in [5.41, 5.74) is 6.44. The average molecular weight is 407 g/mol. The molecule has 0 aliphatic heterocycles. The van der Waals surface area contributed by atoms with E-state index in [9.17, 15) is 8.42 Å². The second kappa shape index (κ2) is 5.48. The lowest BCUT2D eigenvalue weighted by Crippen LogP contribution is -2.13. The highest BCUT2D eigenvalue weighted by atomic mass is 79.9. The number of nitrogen functional groups attached to an aromatic ring is 1. The van der Waals surface area contributed by atoms with Gasteiger partial charge in [-0.05, 0) is 62.2 Å². The maximum atomic E-state index is 12.2. The minimum atomic E-state index is -3.68. The highest BCUT2D eigenvalue weighted by Gasteiger charge is 2.17. The number of hydrogen-bond acceptors (Lipinski definition) is 4. The summed E-state index contributed by atoms with van der Waals surface area (Å²) in [5.74, 6) is 0. The number of nitrogens with zero attached hydrogens (tertiary/aromatic N) is 1. The largest absolute Gasteiger partial charge is 0.399 e. The minimum absolute atomic E-state index is 0.115. The van der Waals surface area contributed by atoms with Gasteiger partial charge in [-0.2, -0.15) is 0 Å². The summed E-state index contributed by atoms with van der Waals surface area (Å²) in [5, 5.41) is 0. The van der Waals surface area contributed by atoms with Crippen LogP contribution in [0.2, 0.25) is 0 Å². The maximum Gasteiger partial charge on any atom is 0.263 e. The number of halogens is 2. The van der Waals surface area contributed by atoms with Crippen LogP contribution in [-0.4, -0.2) is 13.4 Å². The van der Waals surface area contributed by atoms with Gasteiger partial charge in [-0.3, -0.25) is 4.72 Å². The normalized spacial score (nSPS) is 11.3. The summed E-state index contributed by atoms with van der Waals surface area (Å²) in [4.78, 5) is 4.07. The van der Waals surface area contributed by atoms with Crippen molar-refractivity contribution >= 4 is 53.3 Å². The fraction of sp³-hybridized carbons (Fsp3) is 0. The predicted molar refractivity (Wildman–Crippen MR) is 81.3 cm³/mol. The Morgan fingerprint density at radius 3 is 2.47 bits per heavy atom. The SMILES string of the molecule is Nc1ccc(S(=O)(=O)Nc2ccc(Br)nc2)c(Br)c1. The second-order valence-electron chi connectivity index (χ2n) is 3.66. The van der Waals surface area contributed by atoms with Crippen LogP contribution < -0.4 is 10.5 Å². The van der Waals surface area contributed by atoms with Crippen molar-refractivity contribution in [1.82, 2.24) is 4.98 Å². The molecule has 8 heteroatoms. The second-order valence-corrected chi connectivity index (χ2v) is 6.98. The van der Waals surface area contributed by atoms with Gasteiger partial charge < -0.3 is 5.73 Å². The van der Waals surface area contributed by atoms with Crippen LogP contribution in [0.5, 0.6) is 0 Å². The Kier molecular flexibility index (Phi) is 4.12. The van der Waals surface area contributed by atoms with Crippen molar-refractivity contribution in [2.75, 3.05) is 10.5 Å². The molecule has 0 unspecified atom stereocenters. The summed E-state index contributed by atoms with van der Waals surface area (Å²) >= 11 is 6.37. The van der Waals surface area contributed by atoms with Crippen molar-refractivity contribution < 1.29 is 8.42 Å². The van der Waals surface area contributed by atoms with Crippen LogP contribution in [0.25, 0.3) is 0 Å². The Hall–Kier alpha value is -1.12. The lowest BCUT2D eigenvalue weighted by Gasteiger charge is -2.09. The zero-order chi connectivity index (χ0) is 14.0. The lowest BCUT2D eigenvalue weighted by molar-refractivity contribution is 0.601. The van der Waals surface area contributed by atoms with Gasteiger partial charge in [-0.15, -0.1) is 0 Å². The van der Waals surface area contributed by atoms with Crippen LogP contribution in [0.1, 0.15) is 0 Å². The molecule has 0 radical (unpaired) electrons. The van der Waals surface area contributed by atoms with Gasteiger partial charge in [0.15, 0.2) is 0 Å². The van der Waals surface area contributed by atoms with E-state index in [0.717, 1.165) is 0 Å². The molecule has 5 nitrogen and oxygen atoms in total. The molecule has 3 N–H and O–H groups in total. The number of pyridine rings is 1. The quantitative estimate of drug-likeness (QED) is 0.606. The minimum Gasteiger partial charge on any atom is -0.399 e. The first-order valence-electron chi connectivity index (χ1n) is 5.08. The van der Waals surface area contributed by atoms with Crippen LogP contribution in [0.4, 0.5) is 11.4 Å². The molecule has 0 amide bonds. The Morgan fingerprint density at radius 2 is 1.89 bits per heavy atom. The van der Waals surface area contributed by atoms with Gasteiger partial charge in [-0.25, -0.2) is 13.4 Å². The Morgan fingerprint density at radius 1 is 1.16 bits per heavy atom. The van der Waals surface area contributed by atoms with Crippen molar-refractivity contribution in [2.45, 2.75) is 4.90 Å². The van der Waals surface area contributed by atoms with Crippen LogP contribution in [0.3, 0.4) is 0 Å². The number of sulfonamides is 1. The van der Waals surface area contributed by atoms with Gasteiger partial charge in [0, 0.05) is 10.2 Å². The van der Waals surface area contributed by atoms with E-state index in [-0.39, 0.29) is 4.90 Å². The van der Waals surface area contributed by atoms with Crippen LogP contribution >= 0.6 is 31.9 Å². The zero-order valence-electron chi connectivity index (χ0n) is 9.47. The van der Waals surface area contributed by atoms with E-state index in [4.69, 9.17) is 5.73 Å². The van der Waals surface area contributed by atoms with Crippen LogP contribution in [0, 0.1) is 0 Å². The molecule has 1 heterocycles. The number of anilines is 2. The summed E-state index contributed by atoms with van der Waals surface area (Å²) in [6.07, 6.45) is 1.42. The molecule has 0 spiro atoms. The van der Waals surface area contributed by atoms with E-state index < -0.39 is 10.0 Å². The Balaban J connectivity index is 2.35. The molecule has 0 atom stereocenters. The number of aromatic nitrogens is 1. The first-order valence-corrected chi connectivity index (χ1v) is 8.15. The van der Waals surface area contributed by atoms with E-state index >= 15 is 0 Å². The predicted octanol–water partition coefficient (Wildman–Crippen LogP) is 2.99. The van der Waals surface area contributed by atoms with Gasteiger partial charge in [0.1, 0.15) is 9.50 Å². The average Bonchev–Trinajstić information content (AvgIpc) is 2.31. The summed E-state index contributed by atoms with van der Waals surface area (Å²) in [7, 11) is -3.68. The highest BCUT2D eigenvalue weighted by molar-refractivity contribution is 9.10. The van der Waals surface area contributed by atoms with E-state index in [1.54, 1.807) is 12.1 Å². The molecule has 1 aromatic carbocycles. The third-order valence-corrected chi connectivity index (χ3v) is 5.05. The highest BCUT2D eigenvalue weighted by Crippen LogP contribution is 2.26. The molecular weight excluding hydrogens is 398 g/mol. The number of nitrogens with two attached hydrogens (primary N) is 1. The molecule has 100 valence electrons. The molecule has 2 aromatic rings. The first-order chi connectivity index (χ1) is 8.88. The van der Waals surface area contributed by atoms with E-state index in [1.165, 1.54) is 24.4 Å². The van der Waals surface area contributed by atoms with Crippen molar-refractivity contribution in [3.8, 4) is 0 Å². The van der Waals surface area contributed by atoms with Crippen molar-refractivity contribution in [3.05, 3.63) is 45.6 Å². The summed E-state index contributed by atoms with van der Waals surface area (Å²) in [6.45, 7) is 0. The van der Waals surface area contributed by atoms with Gasteiger partial charge in [0.05, 0.1) is 11.9 Å². The van der Waals surface area contributed by atoms with Crippen molar-refractivity contribution in [3.63, 3.8) is 0 Å². The molecule has 0 saturated carbocycles. The fourth-order valence-electron chi connectivity index (χ4n) is 1.38. The molecule has 2 rings (SSSR count).